The standard InChI is InChI=1S/C13H17NO4S2/c15-13(16)6-3-9-20(17,18)14-11-7-8-19-12-5-2-1-4-10(11)12/h1-2,4-5,11,14H,3,6-9H2,(H,15,16). The van der Waals surface area contributed by atoms with Gasteiger partial charge in [-0.3, -0.25) is 4.79 Å². The van der Waals surface area contributed by atoms with Gasteiger partial charge in [-0.25, -0.2) is 13.1 Å². The Morgan fingerprint density at radius 1 is 1.40 bits per heavy atom. The van der Waals surface area contributed by atoms with E-state index in [0.29, 0.717) is 0 Å². The van der Waals surface area contributed by atoms with Crippen LogP contribution in [-0.4, -0.2) is 31.0 Å². The van der Waals surface area contributed by atoms with Gasteiger partial charge in [-0.1, -0.05) is 18.2 Å². The second kappa shape index (κ2) is 6.60. The molecule has 2 N–H and O–H groups in total. The Hall–Kier alpha value is -1.05. The summed E-state index contributed by atoms with van der Waals surface area (Å²) in [6.07, 6.45) is 0.756. The van der Waals surface area contributed by atoms with Crippen molar-refractivity contribution in [1.29, 1.82) is 0 Å². The van der Waals surface area contributed by atoms with Crippen molar-refractivity contribution in [2.24, 2.45) is 0 Å². The van der Waals surface area contributed by atoms with E-state index in [2.05, 4.69) is 4.72 Å². The van der Waals surface area contributed by atoms with Crippen LogP contribution in [0, 0.1) is 0 Å². The van der Waals surface area contributed by atoms with Crippen LogP contribution < -0.4 is 4.72 Å². The highest BCUT2D eigenvalue weighted by Gasteiger charge is 2.24. The summed E-state index contributed by atoms with van der Waals surface area (Å²) in [5.41, 5.74) is 1.01. The van der Waals surface area contributed by atoms with E-state index in [-0.39, 0.29) is 24.6 Å². The molecule has 1 atom stereocenters. The van der Waals surface area contributed by atoms with Crippen molar-refractivity contribution in [3.63, 3.8) is 0 Å². The van der Waals surface area contributed by atoms with E-state index in [9.17, 15) is 13.2 Å². The van der Waals surface area contributed by atoms with E-state index in [0.717, 1.165) is 22.6 Å². The number of aliphatic carboxylic acids is 1. The lowest BCUT2D eigenvalue weighted by Gasteiger charge is -2.25. The van der Waals surface area contributed by atoms with Crippen molar-refractivity contribution in [1.82, 2.24) is 4.72 Å². The molecular weight excluding hydrogens is 298 g/mol. The van der Waals surface area contributed by atoms with Crippen LogP contribution in [0.25, 0.3) is 0 Å². The highest BCUT2D eigenvalue weighted by Crippen LogP contribution is 2.36. The number of nitrogens with one attached hydrogen (secondary N) is 1. The summed E-state index contributed by atoms with van der Waals surface area (Å²) in [4.78, 5) is 11.5. The van der Waals surface area contributed by atoms with Crippen LogP contribution >= 0.6 is 11.8 Å². The Bertz CT molecular complexity index is 586. The lowest BCUT2D eigenvalue weighted by molar-refractivity contribution is -0.137. The van der Waals surface area contributed by atoms with Gasteiger partial charge in [0.2, 0.25) is 10.0 Å². The number of hydrogen-bond donors (Lipinski definition) is 2. The highest BCUT2D eigenvalue weighted by atomic mass is 32.2. The van der Waals surface area contributed by atoms with Crippen LogP contribution in [0.3, 0.4) is 0 Å². The van der Waals surface area contributed by atoms with Crippen LogP contribution in [0.1, 0.15) is 30.9 Å². The van der Waals surface area contributed by atoms with Gasteiger partial charge in [-0.15, -0.1) is 11.8 Å². The van der Waals surface area contributed by atoms with E-state index in [1.165, 1.54) is 0 Å². The van der Waals surface area contributed by atoms with Crippen molar-refractivity contribution in [3.05, 3.63) is 29.8 Å². The van der Waals surface area contributed by atoms with Crippen molar-refractivity contribution in [3.8, 4) is 0 Å². The topological polar surface area (TPSA) is 83.5 Å². The van der Waals surface area contributed by atoms with E-state index in [1.54, 1.807) is 11.8 Å². The van der Waals surface area contributed by atoms with Gasteiger partial charge in [0, 0.05) is 17.4 Å². The Morgan fingerprint density at radius 2 is 2.15 bits per heavy atom. The lowest BCUT2D eigenvalue weighted by atomic mass is 10.1. The summed E-state index contributed by atoms with van der Waals surface area (Å²) < 4.78 is 26.6. The molecule has 2 rings (SSSR count). The number of thioether (sulfide) groups is 1. The average molecular weight is 315 g/mol. The Balaban J connectivity index is 2.01. The second-order valence-corrected chi connectivity index (χ2v) is 7.67. The number of carboxylic acids is 1. The lowest BCUT2D eigenvalue weighted by Crippen LogP contribution is -2.32. The van der Waals surface area contributed by atoms with Crippen molar-refractivity contribution in [2.75, 3.05) is 11.5 Å². The smallest absolute Gasteiger partial charge is 0.303 e. The Labute approximate surface area is 122 Å². The predicted octanol–water partition coefficient (Wildman–Crippen LogP) is 2.01. The highest BCUT2D eigenvalue weighted by molar-refractivity contribution is 7.99. The minimum atomic E-state index is -3.44. The Kier molecular flexibility index (Phi) is 5.06. The van der Waals surface area contributed by atoms with Gasteiger partial charge in [-0.2, -0.15) is 0 Å². The van der Waals surface area contributed by atoms with E-state index >= 15 is 0 Å². The third-order valence-corrected chi connectivity index (χ3v) is 5.68. The third-order valence-electron chi connectivity index (χ3n) is 3.08. The second-order valence-electron chi connectivity index (χ2n) is 4.66. The first-order valence-corrected chi connectivity index (χ1v) is 9.05. The van der Waals surface area contributed by atoms with Crippen LogP contribution in [0.5, 0.6) is 0 Å². The van der Waals surface area contributed by atoms with Crippen molar-refractivity contribution >= 4 is 27.8 Å². The fraction of sp³-hybridized carbons (Fsp3) is 0.462. The molecule has 110 valence electrons. The summed E-state index contributed by atoms with van der Waals surface area (Å²) in [6, 6.07) is 7.56. The van der Waals surface area contributed by atoms with E-state index in [4.69, 9.17) is 5.11 Å². The molecule has 0 fully saturated rings. The zero-order valence-corrected chi connectivity index (χ0v) is 12.5. The molecule has 0 saturated heterocycles. The number of hydrogen-bond acceptors (Lipinski definition) is 4. The number of rotatable bonds is 6. The molecule has 1 aromatic rings. The van der Waals surface area contributed by atoms with Gasteiger partial charge in [0.15, 0.2) is 0 Å². The normalized spacial score (nSPS) is 18.5. The molecule has 0 aromatic heterocycles. The van der Waals surface area contributed by atoms with Gasteiger partial charge >= 0.3 is 5.97 Å². The van der Waals surface area contributed by atoms with E-state index in [1.807, 2.05) is 24.3 Å². The zero-order chi connectivity index (χ0) is 14.6. The van der Waals surface area contributed by atoms with Gasteiger partial charge in [0.25, 0.3) is 0 Å². The molecule has 0 amide bonds. The molecule has 1 aromatic carbocycles. The third kappa shape index (κ3) is 4.22. The molecule has 0 bridgehead atoms. The molecule has 1 aliphatic heterocycles. The van der Waals surface area contributed by atoms with Crippen LogP contribution in [0.2, 0.25) is 0 Å². The molecule has 0 saturated carbocycles. The SMILES string of the molecule is O=C(O)CCCS(=O)(=O)NC1CCSc2ccccc21. The van der Waals surface area contributed by atoms with Gasteiger partial charge in [0.05, 0.1) is 5.75 Å². The van der Waals surface area contributed by atoms with Crippen molar-refractivity contribution in [2.45, 2.75) is 30.2 Å². The number of benzene rings is 1. The first-order chi connectivity index (χ1) is 9.48. The molecule has 20 heavy (non-hydrogen) atoms. The number of carbonyl (C=O) groups is 1. The molecule has 1 unspecified atom stereocenters. The maximum absolute atomic E-state index is 12.0. The molecule has 1 aliphatic rings. The maximum Gasteiger partial charge on any atom is 0.303 e. The summed E-state index contributed by atoms with van der Waals surface area (Å²) in [7, 11) is -3.44. The first kappa shape index (κ1) is 15.3. The predicted molar refractivity (Wildman–Crippen MR) is 78.3 cm³/mol. The fourth-order valence-electron chi connectivity index (χ4n) is 2.15. The largest absolute Gasteiger partial charge is 0.481 e. The van der Waals surface area contributed by atoms with Gasteiger partial charge in [-0.05, 0) is 30.2 Å². The summed E-state index contributed by atoms with van der Waals surface area (Å²) in [5, 5.41) is 8.54. The molecule has 0 spiro atoms. The average Bonchev–Trinajstić information content (AvgIpc) is 2.38. The molecule has 7 heteroatoms. The van der Waals surface area contributed by atoms with Crippen LogP contribution in [0.4, 0.5) is 0 Å². The zero-order valence-electron chi connectivity index (χ0n) is 10.9. The minimum absolute atomic E-state index is 0.127. The fourth-order valence-corrected chi connectivity index (χ4v) is 4.60. The van der Waals surface area contributed by atoms with Gasteiger partial charge < -0.3 is 5.11 Å². The number of sulfonamides is 1. The number of fused-ring (bicyclic) bond motifs is 1. The Morgan fingerprint density at radius 3 is 2.90 bits per heavy atom. The van der Waals surface area contributed by atoms with E-state index < -0.39 is 16.0 Å². The first-order valence-electron chi connectivity index (χ1n) is 6.41. The number of carboxylic acid groups (broad SMARTS) is 1. The van der Waals surface area contributed by atoms with Crippen molar-refractivity contribution < 1.29 is 18.3 Å². The summed E-state index contributed by atoms with van der Waals surface area (Å²) >= 11 is 1.73. The van der Waals surface area contributed by atoms with Crippen LogP contribution in [0.15, 0.2) is 29.2 Å². The molecule has 5 nitrogen and oxygen atoms in total. The molecule has 1 heterocycles. The quantitative estimate of drug-likeness (QED) is 0.839. The summed E-state index contributed by atoms with van der Waals surface area (Å²) in [6.45, 7) is 0. The molecular formula is C13H17NO4S2. The van der Waals surface area contributed by atoms with Crippen LogP contribution in [-0.2, 0) is 14.8 Å². The van der Waals surface area contributed by atoms with Gasteiger partial charge in [0.1, 0.15) is 0 Å². The summed E-state index contributed by atoms with van der Waals surface area (Å²) in [5.74, 6) is -0.246. The molecule has 0 aliphatic carbocycles. The maximum atomic E-state index is 12.0. The minimum Gasteiger partial charge on any atom is -0.481 e. The molecule has 0 radical (unpaired) electrons. The monoisotopic (exact) mass is 315 g/mol.